The lowest BCUT2D eigenvalue weighted by Gasteiger charge is -2.62. The Balaban J connectivity index is 1.56. The molecule has 30 heavy (non-hydrogen) atoms. The van der Waals surface area contributed by atoms with E-state index >= 15 is 0 Å². The van der Waals surface area contributed by atoms with Crippen molar-refractivity contribution in [2.24, 2.45) is 0 Å². The first-order valence-corrected chi connectivity index (χ1v) is 10.8. The molecule has 6 nitrogen and oxygen atoms in total. The van der Waals surface area contributed by atoms with Gasteiger partial charge in [0.25, 0.3) is 0 Å². The summed E-state index contributed by atoms with van der Waals surface area (Å²) in [6.07, 6.45) is 1.59. The van der Waals surface area contributed by atoms with Crippen molar-refractivity contribution >= 4 is 10.9 Å². The monoisotopic (exact) mass is 404 g/mol. The molecular weight excluding hydrogens is 380 g/mol. The number of H-pyrrole nitrogens is 1. The number of hydrogen-bond donors (Lipinski definition) is 4. The summed E-state index contributed by atoms with van der Waals surface area (Å²) < 4.78 is 6.52. The largest absolute Gasteiger partial charge is 0.504 e. The molecule has 3 heterocycles. The van der Waals surface area contributed by atoms with E-state index in [1.807, 2.05) is 18.2 Å². The third kappa shape index (κ3) is 1.71. The molecule has 2 aliphatic heterocycles. The van der Waals surface area contributed by atoms with Gasteiger partial charge in [-0.15, -0.1) is 0 Å². The lowest BCUT2D eigenvalue weighted by molar-refractivity contribution is -0.173. The van der Waals surface area contributed by atoms with Gasteiger partial charge in [0.2, 0.25) is 0 Å². The number of nitrogens with one attached hydrogen (secondary N) is 1. The fourth-order valence-corrected chi connectivity index (χ4v) is 7.12. The maximum atomic E-state index is 12.5. The minimum Gasteiger partial charge on any atom is -0.504 e. The van der Waals surface area contributed by atoms with Crippen LogP contribution in [0.3, 0.4) is 0 Å². The van der Waals surface area contributed by atoms with Gasteiger partial charge in [0.1, 0.15) is 0 Å². The molecule has 2 aliphatic carbocycles. The first kappa shape index (κ1) is 17.2. The summed E-state index contributed by atoms with van der Waals surface area (Å²) in [6, 6.07) is 11.8. The normalized spacial score (nSPS) is 33.3. The number of fused-ring (bicyclic) bond motifs is 4. The maximum Gasteiger partial charge on any atom is 0.166 e. The van der Waals surface area contributed by atoms with Gasteiger partial charge < -0.3 is 25.0 Å². The van der Waals surface area contributed by atoms with Crippen molar-refractivity contribution in [3.63, 3.8) is 0 Å². The molecule has 2 aromatic carbocycles. The van der Waals surface area contributed by atoms with Gasteiger partial charge in [-0.05, 0) is 42.6 Å². The number of phenols is 1. The molecule has 6 heteroatoms. The third-order valence-corrected chi connectivity index (χ3v) is 8.27. The molecule has 0 amide bonds. The van der Waals surface area contributed by atoms with Crippen molar-refractivity contribution in [3.8, 4) is 11.5 Å². The number of piperidine rings is 1. The van der Waals surface area contributed by atoms with Gasteiger partial charge in [0, 0.05) is 35.5 Å². The van der Waals surface area contributed by atoms with E-state index in [0.29, 0.717) is 25.1 Å². The molecule has 4 aliphatic rings. The average Bonchev–Trinajstić information content (AvgIpc) is 3.27. The Morgan fingerprint density at radius 3 is 2.93 bits per heavy atom. The molecular formula is C24H24N2O4. The first-order valence-electron chi connectivity index (χ1n) is 10.8. The van der Waals surface area contributed by atoms with Gasteiger partial charge in [-0.25, -0.2) is 0 Å². The number of hydrogen-bond acceptors (Lipinski definition) is 5. The van der Waals surface area contributed by atoms with Crippen LogP contribution in [0.1, 0.15) is 34.9 Å². The molecule has 1 saturated heterocycles. The quantitative estimate of drug-likeness (QED) is 0.526. The van der Waals surface area contributed by atoms with Gasteiger partial charge in [-0.3, -0.25) is 4.90 Å². The summed E-state index contributed by atoms with van der Waals surface area (Å²) in [6.45, 7) is 1.42. The van der Waals surface area contributed by atoms with Crippen LogP contribution in [0.15, 0.2) is 36.4 Å². The van der Waals surface area contributed by atoms with Crippen LogP contribution < -0.4 is 4.74 Å². The van der Waals surface area contributed by atoms with Crippen molar-refractivity contribution < 1.29 is 20.1 Å². The Labute approximate surface area is 173 Å². The molecule has 4 atom stereocenters. The molecule has 3 aromatic rings. The molecule has 154 valence electrons. The lowest BCUT2D eigenvalue weighted by Crippen LogP contribution is -2.74. The number of para-hydroxylation sites is 1. The van der Waals surface area contributed by atoms with Crippen LogP contribution in [-0.4, -0.2) is 56.5 Å². The molecule has 2 bridgehead atoms. The lowest BCUT2D eigenvalue weighted by atomic mass is 9.49. The number of ether oxygens (including phenoxy) is 1. The maximum absolute atomic E-state index is 12.5. The average molecular weight is 404 g/mol. The Morgan fingerprint density at radius 2 is 2.07 bits per heavy atom. The summed E-state index contributed by atoms with van der Waals surface area (Å²) in [5.41, 5.74) is 3.70. The van der Waals surface area contributed by atoms with Gasteiger partial charge in [0.05, 0.1) is 23.3 Å². The number of aromatic hydroxyl groups is 1. The molecule has 1 aromatic heterocycles. The number of nitrogens with zero attached hydrogens (tertiary/aromatic N) is 1. The number of aliphatic hydroxyl groups is 2. The Morgan fingerprint density at radius 1 is 1.20 bits per heavy atom. The zero-order valence-corrected chi connectivity index (χ0v) is 16.6. The van der Waals surface area contributed by atoms with Crippen LogP contribution >= 0.6 is 0 Å². The van der Waals surface area contributed by atoms with Crippen LogP contribution in [0.2, 0.25) is 0 Å². The SMILES string of the molecule is OCCN1CC[C@]23c4c5ccc(O)c4O[C@H]2c2[nH]c4ccccc4c2C[C@@]3(O)[C@H]1C5. The van der Waals surface area contributed by atoms with Gasteiger partial charge >= 0.3 is 0 Å². The van der Waals surface area contributed by atoms with Crippen LogP contribution in [0, 0.1) is 0 Å². The second kappa shape index (κ2) is 5.38. The van der Waals surface area contributed by atoms with E-state index in [4.69, 9.17) is 4.74 Å². The van der Waals surface area contributed by atoms with E-state index in [1.165, 1.54) is 0 Å². The Bertz CT molecular complexity index is 1220. The van der Waals surface area contributed by atoms with Crippen molar-refractivity contribution in [1.82, 2.24) is 9.88 Å². The minimum absolute atomic E-state index is 0.0749. The van der Waals surface area contributed by atoms with Crippen LogP contribution in [0.25, 0.3) is 10.9 Å². The van der Waals surface area contributed by atoms with Crippen LogP contribution in [0.5, 0.6) is 11.5 Å². The predicted octanol–water partition coefficient (Wildman–Crippen LogP) is 2.15. The summed E-state index contributed by atoms with van der Waals surface area (Å²) in [5.74, 6) is 0.685. The van der Waals surface area contributed by atoms with Gasteiger partial charge in [-0.1, -0.05) is 24.3 Å². The van der Waals surface area contributed by atoms with Crippen molar-refractivity contribution in [2.45, 2.75) is 42.4 Å². The van der Waals surface area contributed by atoms with E-state index in [2.05, 4.69) is 22.0 Å². The Kier molecular flexibility index (Phi) is 3.08. The van der Waals surface area contributed by atoms with E-state index in [1.54, 1.807) is 6.07 Å². The highest BCUT2D eigenvalue weighted by atomic mass is 16.5. The topological polar surface area (TPSA) is 89.0 Å². The summed E-state index contributed by atoms with van der Waals surface area (Å²) in [4.78, 5) is 5.83. The number of β-amino-alcohol motifs (C(OH)–C–C–N with tert-alkyl or cyclic N) is 1. The van der Waals surface area contributed by atoms with E-state index < -0.39 is 11.0 Å². The fourth-order valence-electron chi connectivity index (χ4n) is 7.12. The molecule has 0 unspecified atom stereocenters. The molecule has 4 N–H and O–H groups in total. The second-order valence-electron chi connectivity index (χ2n) is 9.31. The number of aromatic amines is 1. The van der Waals surface area contributed by atoms with Crippen LogP contribution in [0.4, 0.5) is 0 Å². The first-order chi connectivity index (χ1) is 14.6. The zero-order valence-electron chi connectivity index (χ0n) is 16.6. The van der Waals surface area contributed by atoms with Crippen molar-refractivity contribution in [2.75, 3.05) is 19.7 Å². The summed E-state index contributed by atoms with van der Waals surface area (Å²) in [7, 11) is 0. The highest BCUT2D eigenvalue weighted by molar-refractivity contribution is 5.86. The molecule has 0 saturated carbocycles. The summed E-state index contributed by atoms with van der Waals surface area (Å²) >= 11 is 0. The predicted molar refractivity (Wildman–Crippen MR) is 111 cm³/mol. The second-order valence-corrected chi connectivity index (χ2v) is 9.31. The number of phenolic OH excluding ortho intramolecular Hbond substituents is 1. The number of likely N-dealkylation sites (tertiary alicyclic amines) is 1. The molecule has 1 fully saturated rings. The molecule has 0 radical (unpaired) electrons. The highest BCUT2D eigenvalue weighted by Crippen LogP contribution is 2.68. The van der Waals surface area contributed by atoms with Crippen LogP contribution in [-0.2, 0) is 18.3 Å². The molecule has 7 rings (SSSR count). The summed E-state index contributed by atoms with van der Waals surface area (Å²) in [5, 5.41) is 34.0. The minimum atomic E-state index is -1.03. The van der Waals surface area contributed by atoms with E-state index in [0.717, 1.165) is 46.3 Å². The van der Waals surface area contributed by atoms with Crippen molar-refractivity contribution in [3.05, 3.63) is 58.8 Å². The number of aromatic nitrogens is 1. The number of benzene rings is 2. The third-order valence-electron chi connectivity index (χ3n) is 8.27. The van der Waals surface area contributed by atoms with Gasteiger partial charge in [0.15, 0.2) is 17.6 Å². The Hall–Kier alpha value is -2.54. The fraction of sp³-hybridized carbons (Fsp3) is 0.417. The van der Waals surface area contributed by atoms with Crippen molar-refractivity contribution in [1.29, 1.82) is 0 Å². The zero-order chi connectivity index (χ0) is 20.3. The smallest absolute Gasteiger partial charge is 0.166 e. The standard InChI is InChI=1S/C24H24N2O4/c27-10-9-26-8-7-23-19-13-5-6-17(28)21(19)30-22(23)20-15(12-24(23,29)18(26)11-13)14-3-1-2-4-16(14)25-20/h1-6,18,22,25,27-29H,7-12H2/t18-,22+,23+,24-/m1/s1. The number of rotatable bonds is 2. The number of aliphatic hydroxyl groups excluding tert-OH is 1. The molecule has 1 spiro atoms. The van der Waals surface area contributed by atoms with Gasteiger partial charge in [-0.2, -0.15) is 0 Å². The highest BCUT2D eigenvalue weighted by Gasteiger charge is 2.72. The van der Waals surface area contributed by atoms with E-state index in [9.17, 15) is 15.3 Å². The van der Waals surface area contributed by atoms with E-state index in [-0.39, 0.29) is 24.5 Å².